The second-order valence-corrected chi connectivity index (χ2v) is 6.46. The van der Waals surface area contributed by atoms with Gasteiger partial charge in [-0.05, 0) is 0 Å². The molecule has 0 spiro atoms. The highest BCUT2D eigenvalue weighted by Crippen LogP contribution is 2.24. The van der Waals surface area contributed by atoms with E-state index in [9.17, 15) is 8.42 Å². The van der Waals surface area contributed by atoms with Crippen LogP contribution in [0.1, 0.15) is 0 Å². The third kappa shape index (κ3) is 2.34. The zero-order chi connectivity index (χ0) is 11.8. The molecule has 6 nitrogen and oxygen atoms in total. The van der Waals surface area contributed by atoms with E-state index in [1.54, 1.807) is 13.2 Å². The molecule has 0 unspecified atom stereocenters. The molecule has 0 aromatic carbocycles. The number of nitrogens with zero attached hydrogens (tertiary/aromatic N) is 3. The molecule has 0 amide bonds. The summed E-state index contributed by atoms with van der Waals surface area (Å²) in [5.41, 5.74) is 0.395. The van der Waals surface area contributed by atoms with E-state index in [4.69, 9.17) is 11.6 Å². The van der Waals surface area contributed by atoms with Gasteiger partial charge in [0.1, 0.15) is 0 Å². The van der Waals surface area contributed by atoms with Crippen LogP contribution in [0.3, 0.4) is 0 Å². The minimum atomic E-state index is -3.61. The van der Waals surface area contributed by atoms with Crippen LogP contribution in [0.5, 0.6) is 0 Å². The van der Waals surface area contributed by atoms with Gasteiger partial charge in [0.2, 0.25) is 0 Å². The van der Waals surface area contributed by atoms with Gasteiger partial charge in [0.05, 0.1) is 18.1 Å². The number of aromatic nitrogens is 3. The molecule has 0 aliphatic rings. The molecule has 0 aliphatic heterocycles. The molecule has 2 rings (SSSR count). The van der Waals surface area contributed by atoms with E-state index in [-0.39, 0.29) is 8.68 Å². The lowest BCUT2D eigenvalue weighted by Gasteiger charge is -2.01. The van der Waals surface area contributed by atoms with Crippen LogP contribution in [0.15, 0.2) is 22.8 Å². The van der Waals surface area contributed by atoms with Gasteiger partial charge in [-0.25, -0.2) is 13.4 Å². The van der Waals surface area contributed by atoms with Crippen molar-refractivity contribution in [2.45, 2.75) is 4.21 Å². The Hall–Kier alpha value is -1.12. The Morgan fingerprint density at radius 1 is 1.50 bits per heavy atom. The van der Waals surface area contributed by atoms with Crippen molar-refractivity contribution in [3.8, 4) is 0 Å². The number of hydrogen-bond donors (Lipinski definition) is 1. The summed E-state index contributed by atoms with van der Waals surface area (Å²) >= 11 is 6.47. The van der Waals surface area contributed by atoms with Gasteiger partial charge in [0.25, 0.3) is 10.0 Å². The molecule has 2 aromatic heterocycles. The van der Waals surface area contributed by atoms with Crippen LogP contribution in [-0.4, -0.2) is 23.2 Å². The van der Waals surface area contributed by atoms with Gasteiger partial charge in [-0.1, -0.05) is 22.9 Å². The van der Waals surface area contributed by atoms with Crippen molar-refractivity contribution in [2.75, 3.05) is 4.72 Å². The van der Waals surface area contributed by atoms with E-state index in [1.165, 1.54) is 17.1 Å². The molecule has 9 heteroatoms. The van der Waals surface area contributed by atoms with E-state index in [0.29, 0.717) is 5.69 Å². The molecule has 16 heavy (non-hydrogen) atoms. The average Bonchev–Trinajstić information content (AvgIpc) is 2.75. The second kappa shape index (κ2) is 4.04. The van der Waals surface area contributed by atoms with E-state index in [2.05, 4.69) is 14.8 Å². The smallest absolute Gasteiger partial charge is 0.273 e. The fourth-order valence-corrected chi connectivity index (χ4v) is 3.36. The van der Waals surface area contributed by atoms with Crippen molar-refractivity contribution in [3.63, 3.8) is 0 Å². The third-order valence-electron chi connectivity index (χ3n) is 1.68. The number of halogens is 1. The fraction of sp³-hybridized carbons (Fsp3) is 0.143. The number of nitrogens with one attached hydrogen (secondary N) is 1. The summed E-state index contributed by atoms with van der Waals surface area (Å²) < 4.78 is 27.7. The van der Waals surface area contributed by atoms with E-state index >= 15 is 0 Å². The van der Waals surface area contributed by atoms with Crippen molar-refractivity contribution in [1.29, 1.82) is 0 Å². The number of aryl methyl sites for hydroxylation is 1. The number of hydrogen-bond acceptors (Lipinski definition) is 5. The number of sulfonamides is 1. The van der Waals surface area contributed by atoms with Crippen molar-refractivity contribution >= 4 is 38.6 Å². The first-order valence-corrected chi connectivity index (χ1v) is 6.78. The van der Waals surface area contributed by atoms with Crippen LogP contribution >= 0.6 is 22.9 Å². The minimum absolute atomic E-state index is 0.0707. The van der Waals surface area contributed by atoms with Gasteiger partial charge >= 0.3 is 0 Å². The summed E-state index contributed by atoms with van der Waals surface area (Å²) in [5, 5.41) is 3.85. The summed E-state index contributed by atoms with van der Waals surface area (Å²) in [6.07, 6.45) is 4.19. The predicted octanol–water partition coefficient (Wildman–Crippen LogP) is 1.33. The molecule has 0 fully saturated rings. The van der Waals surface area contributed by atoms with E-state index in [1.807, 2.05) is 0 Å². The molecule has 86 valence electrons. The van der Waals surface area contributed by atoms with Crippen LogP contribution in [0, 0.1) is 0 Å². The molecule has 0 aliphatic carbocycles. The fourth-order valence-electron chi connectivity index (χ4n) is 1.04. The maximum absolute atomic E-state index is 11.8. The molecule has 2 heterocycles. The zero-order valence-corrected chi connectivity index (χ0v) is 10.5. The van der Waals surface area contributed by atoms with Gasteiger partial charge in [0, 0.05) is 13.2 Å². The zero-order valence-electron chi connectivity index (χ0n) is 8.08. The number of thiazole rings is 1. The van der Waals surface area contributed by atoms with Crippen molar-refractivity contribution in [2.24, 2.45) is 7.05 Å². The van der Waals surface area contributed by atoms with Crippen molar-refractivity contribution in [1.82, 2.24) is 14.8 Å². The summed E-state index contributed by atoms with van der Waals surface area (Å²) in [6.45, 7) is 0. The predicted molar refractivity (Wildman–Crippen MR) is 61.1 cm³/mol. The first-order valence-electron chi connectivity index (χ1n) is 4.10. The van der Waals surface area contributed by atoms with E-state index in [0.717, 1.165) is 11.3 Å². The Morgan fingerprint density at radius 2 is 2.25 bits per heavy atom. The summed E-state index contributed by atoms with van der Waals surface area (Å²) in [5.74, 6) is 0. The van der Waals surface area contributed by atoms with Gasteiger partial charge in [-0.15, -0.1) is 0 Å². The number of anilines is 1. The second-order valence-electron chi connectivity index (χ2n) is 2.94. The van der Waals surface area contributed by atoms with Gasteiger partial charge in [-0.2, -0.15) is 5.10 Å². The highest BCUT2D eigenvalue weighted by molar-refractivity contribution is 7.94. The van der Waals surface area contributed by atoms with Crippen LogP contribution < -0.4 is 4.72 Å². The molecule has 0 radical (unpaired) electrons. The molecule has 0 saturated carbocycles. The Balaban J connectivity index is 2.27. The Bertz CT molecular complexity index is 603. The molecule has 1 N–H and O–H groups in total. The van der Waals surface area contributed by atoms with Crippen LogP contribution in [0.2, 0.25) is 4.47 Å². The largest absolute Gasteiger partial charge is 0.276 e. The molecule has 0 saturated heterocycles. The van der Waals surface area contributed by atoms with Gasteiger partial charge in [-0.3, -0.25) is 9.40 Å². The monoisotopic (exact) mass is 278 g/mol. The minimum Gasteiger partial charge on any atom is -0.276 e. The third-order valence-corrected chi connectivity index (χ3v) is 4.64. The standard InChI is InChI=1S/C7H7ClN4O2S2/c1-12-4-5(2-10-12)11-16(13,14)6-3-9-7(8)15-6/h2-4,11H,1H3. The Labute approximate surface area is 101 Å². The molecule has 0 bridgehead atoms. The highest BCUT2D eigenvalue weighted by atomic mass is 35.5. The Morgan fingerprint density at radius 3 is 2.75 bits per heavy atom. The SMILES string of the molecule is Cn1cc(NS(=O)(=O)c2cnc(Cl)s2)cn1. The molecular weight excluding hydrogens is 272 g/mol. The number of rotatable bonds is 3. The lowest BCUT2D eigenvalue weighted by atomic mass is 10.6. The quantitative estimate of drug-likeness (QED) is 0.919. The maximum Gasteiger partial charge on any atom is 0.273 e. The highest BCUT2D eigenvalue weighted by Gasteiger charge is 2.18. The van der Waals surface area contributed by atoms with Crippen molar-refractivity contribution in [3.05, 3.63) is 23.1 Å². The van der Waals surface area contributed by atoms with Gasteiger partial charge in [0.15, 0.2) is 8.68 Å². The molecule has 2 aromatic rings. The Kier molecular flexibility index (Phi) is 2.87. The maximum atomic E-state index is 11.8. The first kappa shape index (κ1) is 11.4. The average molecular weight is 279 g/mol. The normalized spacial score (nSPS) is 11.6. The van der Waals surface area contributed by atoms with Crippen LogP contribution in [0.4, 0.5) is 5.69 Å². The topological polar surface area (TPSA) is 76.9 Å². The molecular formula is C7H7ClN4O2S2. The summed E-state index contributed by atoms with van der Waals surface area (Å²) in [7, 11) is -1.92. The van der Waals surface area contributed by atoms with Crippen LogP contribution in [-0.2, 0) is 17.1 Å². The van der Waals surface area contributed by atoms with Crippen LogP contribution in [0.25, 0.3) is 0 Å². The lowest BCUT2D eigenvalue weighted by molar-refractivity contribution is 0.603. The first-order chi connectivity index (χ1) is 7.47. The van der Waals surface area contributed by atoms with Crippen molar-refractivity contribution < 1.29 is 8.42 Å². The van der Waals surface area contributed by atoms with Gasteiger partial charge < -0.3 is 0 Å². The lowest BCUT2D eigenvalue weighted by Crippen LogP contribution is -2.10. The molecule has 0 atom stereocenters. The summed E-state index contributed by atoms with van der Waals surface area (Å²) in [4.78, 5) is 3.67. The summed E-state index contributed by atoms with van der Waals surface area (Å²) in [6, 6.07) is 0. The van der Waals surface area contributed by atoms with E-state index < -0.39 is 10.0 Å².